The number of rotatable bonds is 5. The molecule has 6 nitrogen and oxygen atoms in total. The van der Waals surface area contributed by atoms with Gasteiger partial charge in [0.15, 0.2) is 0 Å². The lowest BCUT2D eigenvalue weighted by Gasteiger charge is -2.08. The third kappa shape index (κ3) is 3.57. The molecule has 0 fully saturated rings. The summed E-state index contributed by atoms with van der Waals surface area (Å²) >= 11 is 1.11. The van der Waals surface area contributed by atoms with Gasteiger partial charge >= 0.3 is 0 Å². The summed E-state index contributed by atoms with van der Waals surface area (Å²) in [6, 6.07) is 17.3. The molecule has 0 bridgehead atoms. The minimum Gasteiger partial charge on any atom is -0.325 e. The number of benzene rings is 2. The molecule has 2 heterocycles. The number of amides is 1. The number of anilines is 1. The fourth-order valence-electron chi connectivity index (χ4n) is 2.98. The van der Waals surface area contributed by atoms with Crippen molar-refractivity contribution >= 4 is 33.3 Å². The molecule has 4 rings (SSSR count). The van der Waals surface area contributed by atoms with Gasteiger partial charge < -0.3 is 5.32 Å². The summed E-state index contributed by atoms with van der Waals surface area (Å²) in [5.74, 6) is -0.274. The number of hydrogen-bond donors (Lipinski definition) is 1. The van der Waals surface area contributed by atoms with Crippen molar-refractivity contribution in [1.82, 2.24) is 13.9 Å². The molecule has 0 radical (unpaired) electrons. The van der Waals surface area contributed by atoms with Crippen molar-refractivity contribution in [2.75, 3.05) is 5.32 Å². The van der Waals surface area contributed by atoms with E-state index in [1.807, 2.05) is 54.6 Å². The van der Waals surface area contributed by atoms with Crippen molar-refractivity contribution in [3.05, 3.63) is 76.8 Å². The predicted molar refractivity (Wildman–Crippen MR) is 112 cm³/mol. The minimum atomic E-state index is -0.274. The Morgan fingerprint density at radius 3 is 2.75 bits per heavy atom. The third-order valence-electron chi connectivity index (χ3n) is 4.43. The van der Waals surface area contributed by atoms with Gasteiger partial charge in [-0.2, -0.15) is 4.37 Å². The Morgan fingerprint density at radius 1 is 1.14 bits per heavy atom. The predicted octanol–water partition coefficient (Wildman–Crippen LogP) is 3.72. The van der Waals surface area contributed by atoms with Crippen molar-refractivity contribution in [1.29, 1.82) is 0 Å². The second-order valence-electron chi connectivity index (χ2n) is 6.35. The molecule has 0 saturated carbocycles. The van der Waals surface area contributed by atoms with Gasteiger partial charge in [0.2, 0.25) is 5.91 Å². The SMILES string of the molecule is CCc1cccc(NC(=O)Cn2cnc3c(-c4ccccc4)nsc3c2=O)c1. The van der Waals surface area contributed by atoms with E-state index in [4.69, 9.17) is 0 Å². The Morgan fingerprint density at radius 2 is 1.96 bits per heavy atom. The van der Waals surface area contributed by atoms with Crippen molar-refractivity contribution in [2.45, 2.75) is 19.9 Å². The molecule has 0 saturated heterocycles. The third-order valence-corrected chi connectivity index (χ3v) is 5.25. The maximum atomic E-state index is 12.8. The molecule has 0 aliphatic heterocycles. The van der Waals surface area contributed by atoms with Gasteiger partial charge in [0.1, 0.15) is 22.5 Å². The molecule has 1 N–H and O–H groups in total. The molecule has 4 aromatic rings. The van der Waals surface area contributed by atoms with Gasteiger partial charge in [-0.1, -0.05) is 49.4 Å². The lowest BCUT2D eigenvalue weighted by Crippen LogP contribution is -2.27. The van der Waals surface area contributed by atoms with Crippen LogP contribution in [0.25, 0.3) is 21.5 Å². The molecular weight excluding hydrogens is 372 g/mol. The van der Waals surface area contributed by atoms with Crippen molar-refractivity contribution in [3.8, 4) is 11.3 Å². The van der Waals surface area contributed by atoms with E-state index in [1.165, 1.54) is 10.9 Å². The van der Waals surface area contributed by atoms with Crippen LogP contribution in [0.3, 0.4) is 0 Å². The van der Waals surface area contributed by atoms with Crippen molar-refractivity contribution in [3.63, 3.8) is 0 Å². The molecule has 7 heteroatoms. The van der Waals surface area contributed by atoms with Gasteiger partial charge in [-0.15, -0.1) is 0 Å². The number of nitrogens with zero attached hydrogens (tertiary/aromatic N) is 3. The van der Waals surface area contributed by atoms with E-state index >= 15 is 0 Å². The summed E-state index contributed by atoms with van der Waals surface area (Å²) in [4.78, 5) is 29.6. The summed E-state index contributed by atoms with van der Waals surface area (Å²) in [6.07, 6.45) is 2.30. The first kappa shape index (κ1) is 18.1. The second-order valence-corrected chi connectivity index (χ2v) is 7.13. The van der Waals surface area contributed by atoms with E-state index in [2.05, 4.69) is 21.6 Å². The molecule has 140 valence electrons. The number of aromatic nitrogens is 3. The van der Waals surface area contributed by atoms with Gasteiger partial charge in [0.25, 0.3) is 5.56 Å². The lowest BCUT2D eigenvalue weighted by molar-refractivity contribution is -0.116. The molecule has 28 heavy (non-hydrogen) atoms. The van der Waals surface area contributed by atoms with Crippen LogP contribution in [0.4, 0.5) is 5.69 Å². The molecule has 0 unspecified atom stereocenters. The van der Waals surface area contributed by atoms with Gasteiger partial charge in [-0.05, 0) is 35.6 Å². The molecule has 0 spiro atoms. The number of fused-ring (bicyclic) bond motifs is 1. The van der Waals surface area contributed by atoms with Crippen LogP contribution in [-0.4, -0.2) is 19.8 Å². The van der Waals surface area contributed by atoms with E-state index in [0.717, 1.165) is 34.8 Å². The van der Waals surface area contributed by atoms with Gasteiger partial charge in [0, 0.05) is 11.3 Å². The van der Waals surface area contributed by atoms with Crippen LogP contribution in [-0.2, 0) is 17.8 Å². The maximum Gasteiger partial charge on any atom is 0.273 e. The number of carbonyl (C=O) groups excluding carboxylic acids is 1. The van der Waals surface area contributed by atoms with E-state index in [0.29, 0.717) is 15.9 Å². The van der Waals surface area contributed by atoms with Crippen LogP contribution in [0.5, 0.6) is 0 Å². The molecule has 2 aromatic heterocycles. The Hall–Kier alpha value is -3.32. The molecule has 0 atom stereocenters. The van der Waals surface area contributed by atoms with Crippen LogP contribution in [0.1, 0.15) is 12.5 Å². The molecule has 1 amide bonds. The number of hydrogen-bond acceptors (Lipinski definition) is 5. The van der Waals surface area contributed by atoms with Crippen LogP contribution in [0.2, 0.25) is 0 Å². The van der Waals surface area contributed by atoms with Gasteiger partial charge in [-0.3, -0.25) is 14.2 Å². The zero-order valence-electron chi connectivity index (χ0n) is 15.3. The van der Waals surface area contributed by atoms with Gasteiger partial charge in [0.05, 0.1) is 6.33 Å². The Balaban J connectivity index is 1.59. The zero-order valence-corrected chi connectivity index (χ0v) is 16.1. The highest BCUT2D eigenvalue weighted by Crippen LogP contribution is 2.26. The number of aryl methyl sites for hydroxylation is 1. The smallest absolute Gasteiger partial charge is 0.273 e. The first-order valence-electron chi connectivity index (χ1n) is 8.94. The molecular formula is C21H18N4O2S. The van der Waals surface area contributed by atoms with Gasteiger partial charge in [-0.25, -0.2) is 4.98 Å². The zero-order chi connectivity index (χ0) is 19.5. The quantitative estimate of drug-likeness (QED) is 0.563. The average molecular weight is 390 g/mol. The fraction of sp³-hybridized carbons (Fsp3) is 0.143. The molecule has 2 aromatic carbocycles. The van der Waals surface area contributed by atoms with E-state index in [1.54, 1.807) is 0 Å². The normalized spacial score (nSPS) is 10.9. The summed E-state index contributed by atoms with van der Waals surface area (Å²) in [5, 5.41) is 2.83. The second kappa shape index (κ2) is 7.74. The maximum absolute atomic E-state index is 12.8. The highest BCUT2D eigenvalue weighted by Gasteiger charge is 2.15. The van der Waals surface area contributed by atoms with Crippen molar-refractivity contribution in [2.24, 2.45) is 0 Å². The van der Waals surface area contributed by atoms with Crippen LogP contribution in [0, 0.1) is 0 Å². The van der Waals surface area contributed by atoms with E-state index in [-0.39, 0.29) is 18.0 Å². The molecule has 0 aliphatic carbocycles. The Labute approximate surface area is 165 Å². The first-order valence-corrected chi connectivity index (χ1v) is 9.72. The van der Waals surface area contributed by atoms with Crippen LogP contribution in [0.15, 0.2) is 65.7 Å². The topological polar surface area (TPSA) is 76.9 Å². The fourth-order valence-corrected chi connectivity index (χ4v) is 3.78. The monoisotopic (exact) mass is 390 g/mol. The average Bonchev–Trinajstić information content (AvgIpc) is 3.16. The molecule has 0 aliphatic rings. The Kier molecular flexibility index (Phi) is 4.99. The van der Waals surface area contributed by atoms with E-state index in [9.17, 15) is 9.59 Å². The standard InChI is InChI=1S/C21H18N4O2S/c1-2-14-7-6-10-16(11-14)23-17(26)12-25-13-22-19-18(15-8-4-3-5-9-15)24-28-20(19)21(25)27/h3-11,13H,2,12H2,1H3,(H,23,26). The van der Waals surface area contributed by atoms with Crippen LogP contribution < -0.4 is 10.9 Å². The lowest BCUT2D eigenvalue weighted by atomic mass is 10.1. The highest BCUT2D eigenvalue weighted by molar-refractivity contribution is 7.13. The minimum absolute atomic E-state index is 0.100. The number of nitrogens with one attached hydrogen (secondary N) is 1. The van der Waals surface area contributed by atoms with Crippen molar-refractivity contribution < 1.29 is 4.79 Å². The first-order chi connectivity index (χ1) is 13.7. The largest absolute Gasteiger partial charge is 0.325 e. The summed E-state index contributed by atoms with van der Waals surface area (Å²) in [7, 11) is 0. The highest BCUT2D eigenvalue weighted by atomic mass is 32.1. The summed E-state index contributed by atoms with van der Waals surface area (Å²) in [6.45, 7) is 1.96. The van der Waals surface area contributed by atoms with E-state index < -0.39 is 0 Å². The van der Waals surface area contributed by atoms with Crippen LogP contribution >= 0.6 is 11.5 Å². The Bertz CT molecular complexity index is 1200. The number of carbonyl (C=O) groups is 1. The summed E-state index contributed by atoms with van der Waals surface area (Å²) in [5.41, 5.74) is 3.75. The summed E-state index contributed by atoms with van der Waals surface area (Å²) < 4.78 is 6.16.